The molecule has 0 radical (unpaired) electrons. The zero-order chi connectivity index (χ0) is 10.6. The van der Waals surface area contributed by atoms with Crippen molar-refractivity contribution < 1.29 is 22.8 Å². The number of hydrogen-bond donors (Lipinski definition) is 1. The van der Waals surface area contributed by atoms with Crippen LogP contribution in [-0.4, -0.2) is 23.9 Å². The second-order valence-electron chi connectivity index (χ2n) is 2.52. The molecule has 0 aromatic rings. The van der Waals surface area contributed by atoms with Gasteiger partial charge in [-0.25, -0.2) is 0 Å². The van der Waals surface area contributed by atoms with Crippen LogP contribution in [-0.2, 0) is 9.59 Å². The van der Waals surface area contributed by atoms with Gasteiger partial charge in [0.1, 0.15) is 0 Å². The largest absolute Gasteiger partial charge is 0.452 e. The molecule has 6 heteroatoms. The molecule has 3 nitrogen and oxygen atoms in total. The summed E-state index contributed by atoms with van der Waals surface area (Å²) in [4.78, 5) is 21.0. The van der Waals surface area contributed by atoms with E-state index in [-0.39, 0.29) is 6.42 Å². The molecule has 0 aromatic carbocycles. The molecule has 0 fully saturated rings. The van der Waals surface area contributed by atoms with E-state index in [1.807, 2.05) is 5.32 Å². The van der Waals surface area contributed by atoms with Crippen LogP contribution in [0, 0.1) is 0 Å². The minimum absolute atomic E-state index is 0.0715. The van der Waals surface area contributed by atoms with Gasteiger partial charge in [-0.3, -0.25) is 9.59 Å². The summed E-state index contributed by atoms with van der Waals surface area (Å²) in [7, 11) is 0. The molecule has 0 aromatic heterocycles. The van der Waals surface area contributed by atoms with Crippen LogP contribution in [0.15, 0.2) is 0 Å². The Morgan fingerprint density at radius 1 is 1.38 bits per heavy atom. The van der Waals surface area contributed by atoms with Crippen molar-refractivity contribution >= 4 is 11.7 Å². The molecule has 0 rings (SSSR count). The first-order valence-electron chi connectivity index (χ1n) is 3.67. The van der Waals surface area contributed by atoms with Crippen LogP contribution in [0.25, 0.3) is 0 Å². The summed E-state index contributed by atoms with van der Waals surface area (Å²) < 4.78 is 35.5. The number of rotatable bonds is 3. The lowest BCUT2D eigenvalue weighted by Gasteiger charge is -2.15. The molecule has 76 valence electrons. The van der Waals surface area contributed by atoms with Gasteiger partial charge in [-0.2, -0.15) is 13.2 Å². The third kappa shape index (κ3) is 3.91. The van der Waals surface area contributed by atoms with Gasteiger partial charge >= 0.3 is 6.18 Å². The van der Waals surface area contributed by atoms with Crippen LogP contribution in [0.3, 0.4) is 0 Å². The molecule has 0 saturated carbocycles. The van der Waals surface area contributed by atoms with Gasteiger partial charge in [-0.15, -0.1) is 0 Å². The fraction of sp³-hybridized carbons (Fsp3) is 0.714. The Morgan fingerprint density at radius 2 is 1.85 bits per heavy atom. The van der Waals surface area contributed by atoms with Gasteiger partial charge in [0.05, 0.1) is 6.04 Å². The van der Waals surface area contributed by atoms with Crippen LogP contribution < -0.4 is 5.32 Å². The molecule has 0 saturated heterocycles. The zero-order valence-corrected chi connectivity index (χ0v) is 7.23. The summed E-state index contributed by atoms with van der Waals surface area (Å²) >= 11 is 0. The van der Waals surface area contributed by atoms with Crippen LogP contribution in [0.2, 0.25) is 0 Å². The van der Waals surface area contributed by atoms with Gasteiger partial charge in [-0.1, -0.05) is 6.92 Å². The highest BCUT2D eigenvalue weighted by Gasteiger charge is 2.42. The van der Waals surface area contributed by atoms with Crippen molar-refractivity contribution in [3.8, 4) is 0 Å². The number of hydrogen-bond acceptors (Lipinski definition) is 2. The van der Waals surface area contributed by atoms with Gasteiger partial charge < -0.3 is 5.32 Å². The quantitative estimate of drug-likeness (QED) is 0.734. The number of carbonyl (C=O) groups is 2. The van der Waals surface area contributed by atoms with E-state index in [0.717, 1.165) is 6.92 Å². The predicted molar refractivity (Wildman–Crippen MR) is 39.0 cm³/mol. The molecule has 1 amide bonds. The number of ketones is 1. The standard InChI is InChI=1S/C7H10F3NO2/c1-3-5(11-4(2)12)6(13)7(8,9)10/h5H,3H2,1-2H3,(H,11,12). The normalized spacial score (nSPS) is 13.6. The first kappa shape index (κ1) is 11.9. The molecular formula is C7H10F3NO2. The molecule has 0 spiro atoms. The summed E-state index contributed by atoms with van der Waals surface area (Å²) in [6.45, 7) is 2.45. The number of Topliss-reactive ketones (excluding diaryl/α,β-unsaturated/α-hetero) is 1. The van der Waals surface area contributed by atoms with Crippen LogP contribution in [0.1, 0.15) is 20.3 Å². The van der Waals surface area contributed by atoms with Gasteiger partial charge in [-0.05, 0) is 6.42 Å². The number of carbonyl (C=O) groups excluding carboxylic acids is 2. The van der Waals surface area contributed by atoms with E-state index < -0.39 is 23.9 Å². The monoisotopic (exact) mass is 197 g/mol. The van der Waals surface area contributed by atoms with Gasteiger partial charge in [0.15, 0.2) is 0 Å². The number of halogens is 3. The molecule has 13 heavy (non-hydrogen) atoms. The Kier molecular flexibility index (Phi) is 3.90. The highest BCUT2D eigenvalue weighted by atomic mass is 19.4. The Balaban J connectivity index is 4.41. The molecule has 0 bridgehead atoms. The van der Waals surface area contributed by atoms with Crippen LogP contribution in [0.4, 0.5) is 13.2 Å². The average molecular weight is 197 g/mol. The van der Waals surface area contributed by atoms with Crippen molar-refractivity contribution in [3.63, 3.8) is 0 Å². The van der Waals surface area contributed by atoms with E-state index in [1.54, 1.807) is 0 Å². The number of nitrogens with one attached hydrogen (secondary N) is 1. The fourth-order valence-corrected chi connectivity index (χ4v) is 0.796. The van der Waals surface area contributed by atoms with E-state index >= 15 is 0 Å². The lowest BCUT2D eigenvalue weighted by Crippen LogP contribution is -2.45. The maximum Gasteiger partial charge on any atom is 0.452 e. The smallest absolute Gasteiger partial charge is 0.346 e. The predicted octanol–water partition coefficient (Wildman–Crippen LogP) is 1.03. The van der Waals surface area contributed by atoms with E-state index in [2.05, 4.69) is 0 Å². The first-order chi connectivity index (χ1) is 5.79. The van der Waals surface area contributed by atoms with E-state index in [1.165, 1.54) is 6.92 Å². The molecule has 1 unspecified atom stereocenters. The van der Waals surface area contributed by atoms with Crippen LogP contribution >= 0.6 is 0 Å². The average Bonchev–Trinajstić information content (AvgIpc) is 1.96. The minimum atomic E-state index is -4.89. The van der Waals surface area contributed by atoms with E-state index in [9.17, 15) is 22.8 Å². The topological polar surface area (TPSA) is 46.2 Å². The highest BCUT2D eigenvalue weighted by molar-refractivity contribution is 5.92. The molecule has 0 aliphatic heterocycles. The Bertz CT molecular complexity index is 212. The van der Waals surface area contributed by atoms with Gasteiger partial charge in [0.2, 0.25) is 5.91 Å². The zero-order valence-electron chi connectivity index (χ0n) is 7.23. The summed E-state index contributed by atoms with van der Waals surface area (Å²) in [5.41, 5.74) is 0. The SMILES string of the molecule is CCC(NC(C)=O)C(=O)C(F)(F)F. The third-order valence-electron chi connectivity index (χ3n) is 1.38. The second-order valence-corrected chi connectivity index (χ2v) is 2.52. The number of alkyl halides is 3. The summed E-state index contributed by atoms with van der Waals surface area (Å²) in [6, 6.07) is -1.46. The maximum atomic E-state index is 11.8. The second kappa shape index (κ2) is 4.25. The van der Waals surface area contributed by atoms with Crippen LogP contribution in [0.5, 0.6) is 0 Å². The summed E-state index contributed by atoms with van der Waals surface area (Å²) in [6.07, 6.45) is -4.96. The van der Waals surface area contributed by atoms with Crippen molar-refractivity contribution in [2.75, 3.05) is 0 Å². The fourth-order valence-electron chi connectivity index (χ4n) is 0.796. The van der Waals surface area contributed by atoms with Crippen molar-refractivity contribution in [2.24, 2.45) is 0 Å². The first-order valence-corrected chi connectivity index (χ1v) is 3.67. The molecular weight excluding hydrogens is 187 g/mol. The summed E-state index contributed by atoms with van der Waals surface area (Å²) in [5, 5.41) is 1.93. The van der Waals surface area contributed by atoms with E-state index in [4.69, 9.17) is 0 Å². The molecule has 0 aliphatic rings. The highest BCUT2D eigenvalue weighted by Crippen LogP contribution is 2.18. The third-order valence-corrected chi connectivity index (χ3v) is 1.38. The van der Waals surface area contributed by atoms with Crippen molar-refractivity contribution in [1.82, 2.24) is 5.32 Å². The molecule has 1 N–H and O–H groups in total. The lowest BCUT2D eigenvalue weighted by molar-refractivity contribution is -0.173. The molecule has 0 heterocycles. The van der Waals surface area contributed by atoms with Crippen molar-refractivity contribution in [2.45, 2.75) is 32.5 Å². The molecule has 0 aliphatic carbocycles. The Labute approximate surface area is 73.3 Å². The molecule has 1 atom stereocenters. The minimum Gasteiger partial charge on any atom is -0.346 e. The number of amides is 1. The Morgan fingerprint density at radius 3 is 2.08 bits per heavy atom. The van der Waals surface area contributed by atoms with Crippen molar-refractivity contribution in [3.05, 3.63) is 0 Å². The van der Waals surface area contributed by atoms with Gasteiger partial charge in [0, 0.05) is 6.92 Å². The Hall–Kier alpha value is -1.07. The maximum absolute atomic E-state index is 11.8. The lowest BCUT2D eigenvalue weighted by atomic mass is 10.1. The van der Waals surface area contributed by atoms with E-state index in [0.29, 0.717) is 0 Å². The van der Waals surface area contributed by atoms with Crippen molar-refractivity contribution in [1.29, 1.82) is 0 Å². The van der Waals surface area contributed by atoms with Gasteiger partial charge in [0.25, 0.3) is 5.78 Å². The summed E-state index contributed by atoms with van der Waals surface area (Å²) in [5.74, 6) is -2.56.